The molecule has 5 heteroatoms. The van der Waals surface area contributed by atoms with Crippen molar-refractivity contribution in [1.82, 2.24) is 9.97 Å². The van der Waals surface area contributed by atoms with Gasteiger partial charge < -0.3 is 10.0 Å². The van der Waals surface area contributed by atoms with E-state index in [1.165, 1.54) is 0 Å². The molecule has 0 aliphatic carbocycles. The van der Waals surface area contributed by atoms with Crippen molar-refractivity contribution in [3.63, 3.8) is 0 Å². The number of hydrogen-bond acceptors (Lipinski definition) is 4. The first-order chi connectivity index (χ1) is 6.94. The second-order valence-electron chi connectivity index (χ2n) is 4.00. The van der Waals surface area contributed by atoms with Crippen LogP contribution in [-0.2, 0) is 0 Å². The Morgan fingerprint density at radius 1 is 1.40 bits per heavy atom. The molecule has 0 aliphatic rings. The number of likely N-dealkylation sites (N-methyl/N-ethyl adjacent to an activating group) is 1. The number of hydrogen-bond donors (Lipinski definition) is 1. The third kappa shape index (κ3) is 3.64. The van der Waals surface area contributed by atoms with Gasteiger partial charge in [-0.3, -0.25) is 0 Å². The summed E-state index contributed by atoms with van der Waals surface area (Å²) in [6, 6.07) is 0. The van der Waals surface area contributed by atoms with E-state index >= 15 is 0 Å². The van der Waals surface area contributed by atoms with E-state index in [1.807, 2.05) is 11.8 Å². The van der Waals surface area contributed by atoms with Crippen LogP contribution in [0, 0.1) is 0 Å². The molecule has 0 saturated carbocycles. The van der Waals surface area contributed by atoms with Crippen molar-refractivity contribution in [3.8, 4) is 0 Å². The summed E-state index contributed by atoms with van der Waals surface area (Å²) in [7, 11) is 0. The maximum atomic E-state index is 9.74. The lowest BCUT2D eigenvalue weighted by Gasteiger charge is -2.29. The normalized spacial score (nSPS) is 11.5. The van der Waals surface area contributed by atoms with Crippen LogP contribution in [0.1, 0.15) is 20.8 Å². The highest BCUT2D eigenvalue weighted by Crippen LogP contribution is 2.21. The van der Waals surface area contributed by atoms with Crippen LogP contribution in [0.3, 0.4) is 0 Å². The largest absolute Gasteiger partial charge is 0.389 e. The molecular weight excluding hydrogens is 214 g/mol. The summed E-state index contributed by atoms with van der Waals surface area (Å²) >= 11 is 5.93. The molecule has 1 heterocycles. The lowest BCUT2D eigenvalue weighted by Crippen LogP contribution is -2.39. The van der Waals surface area contributed by atoms with Gasteiger partial charge in [-0.15, -0.1) is 0 Å². The molecule has 0 aromatic carbocycles. The maximum Gasteiger partial charge on any atom is 0.171 e. The van der Waals surface area contributed by atoms with Gasteiger partial charge in [0.15, 0.2) is 11.0 Å². The molecule has 0 radical (unpaired) electrons. The highest BCUT2D eigenvalue weighted by molar-refractivity contribution is 6.31. The zero-order chi connectivity index (χ0) is 11.5. The summed E-state index contributed by atoms with van der Waals surface area (Å²) in [6.07, 6.45) is 3.14. The van der Waals surface area contributed by atoms with E-state index < -0.39 is 5.60 Å². The Hall–Kier alpha value is -0.870. The quantitative estimate of drug-likeness (QED) is 0.854. The highest BCUT2D eigenvalue weighted by Gasteiger charge is 2.20. The molecule has 0 fully saturated rings. The fourth-order valence-corrected chi connectivity index (χ4v) is 1.55. The van der Waals surface area contributed by atoms with Gasteiger partial charge in [0.05, 0.1) is 5.60 Å². The van der Waals surface area contributed by atoms with E-state index in [2.05, 4.69) is 9.97 Å². The molecule has 0 atom stereocenters. The minimum Gasteiger partial charge on any atom is -0.389 e. The molecule has 84 valence electrons. The molecule has 0 aliphatic heterocycles. The monoisotopic (exact) mass is 229 g/mol. The lowest BCUT2D eigenvalue weighted by molar-refractivity contribution is 0.0874. The third-order valence-corrected chi connectivity index (χ3v) is 2.16. The summed E-state index contributed by atoms with van der Waals surface area (Å²) in [5.74, 6) is 0.615. The Labute approximate surface area is 94.9 Å². The van der Waals surface area contributed by atoms with E-state index in [4.69, 9.17) is 11.6 Å². The summed E-state index contributed by atoms with van der Waals surface area (Å²) < 4.78 is 0. The van der Waals surface area contributed by atoms with Crippen LogP contribution in [-0.4, -0.2) is 33.8 Å². The van der Waals surface area contributed by atoms with E-state index in [0.717, 1.165) is 6.54 Å². The number of rotatable bonds is 4. The van der Waals surface area contributed by atoms with Gasteiger partial charge in [-0.1, -0.05) is 11.6 Å². The number of aromatic nitrogens is 2. The third-order valence-electron chi connectivity index (χ3n) is 1.89. The molecule has 0 saturated heterocycles. The van der Waals surface area contributed by atoms with Crippen LogP contribution < -0.4 is 4.90 Å². The van der Waals surface area contributed by atoms with Crippen LogP contribution in [0.2, 0.25) is 5.15 Å². The van der Waals surface area contributed by atoms with Crippen molar-refractivity contribution in [2.75, 3.05) is 18.0 Å². The Kier molecular flexibility index (Phi) is 3.88. The molecule has 1 aromatic heterocycles. The first-order valence-electron chi connectivity index (χ1n) is 4.88. The predicted molar refractivity (Wildman–Crippen MR) is 61.2 cm³/mol. The Morgan fingerprint density at radius 2 is 2.00 bits per heavy atom. The number of anilines is 1. The van der Waals surface area contributed by atoms with Gasteiger partial charge in [-0.05, 0) is 20.8 Å². The minimum absolute atomic E-state index is 0.364. The Bertz CT molecular complexity index is 325. The summed E-state index contributed by atoms with van der Waals surface area (Å²) in [4.78, 5) is 10.0. The molecule has 15 heavy (non-hydrogen) atoms. The average Bonchev–Trinajstić information content (AvgIpc) is 2.14. The van der Waals surface area contributed by atoms with Gasteiger partial charge >= 0.3 is 0 Å². The van der Waals surface area contributed by atoms with E-state index in [0.29, 0.717) is 17.5 Å². The topological polar surface area (TPSA) is 49.2 Å². The summed E-state index contributed by atoms with van der Waals surface area (Å²) in [6.45, 7) is 6.68. The second kappa shape index (κ2) is 4.77. The van der Waals surface area contributed by atoms with Crippen LogP contribution in [0.5, 0.6) is 0 Å². The van der Waals surface area contributed by atoms with Crippen molar-refractivity contribution in [2.24, 2.45) is 0 Å². The smallest absolute Gasteiger partial charge is 0.171 e. The molecule has 0 bridgehead atoms. The van der Waals surface area contributed by atoms with Gasteiger partial charge in [-0.25, -0.2) is 9.97 Å². The van der Waals surface area contributed by atoms with Crippen molar-refractivity contribution < 1.29 is 5.11 Å². The molecule has 0 amide bonds. The molecule has 0 spiro atoms. The van der Waals surface area contributed by atoms with Gasteiger partial charge in [0.25, 0.3) is 0 Å². The van der Waals surface area contributed by atoms with Gasteiger partial charge in [0.2, 0.25) is 0 Å². The molecule has 1 aromatic rings. The molecule has 1 N–H and O–H groups in total. The fourth-order valence-electron chi connectivity index (χ4n) is 1.33. The SMILES string of the molecule is CCN(CC(C)(C)O)c1nccnc1Cl. The van der Waals surface area contributed by atoms with Crippen molar-refractivity contribution >= 4 is 17.4 Å². The van der Waals surface area contributed by atoms with Crippen LogP contribution in [0.4, 0.5) is 5.82 Å². The Morgan fingerprint density at radius 3 is 2.47 bits per heavy atom. The zero-order valence-corrected chi connectivity index (χ0v) is 9.99. The van der Waals surface area contributed by atoms with Gasteiger partial charge in [-0.2, -0.15) is 0 Å². The number of aliphatic hydroxyl groups is 1. The number of halogens is 1. The standard InChI is InChI=1S/C10H16ClN3O/c1-4-14(7-10(2,3)15)9-8(11)12-5-6-13-9/h5-6,15H,4,7H2,1-3H3. The first-order valence-corrected chi connectivity index (χ1v) is 5.25. The van der Waals surface area contributed by atoms with Crippen LogP contribution >= 0.6 is 11.6 Å². The molecular formula is C10H16ClN3O. The maximum absolute atomic E-state index is 9.74. The van der Waals surface area contributed by atoms with Crippen LogP contribution in [0.25, 0.3) is 0 Å². The first kappa shape index (κ1) is 12.2. The molecule has 1 rings (SSSR count). The predicted octanol–water partition coefficient (Wildman–Crippen LogP) is 1.73. The molecule has 0 unspecified atom stereocenters. The zero-order valence-electron chi connectivity index (χ0n) is 9.24. The van der Waals surface area contributed by atoms with E-state index in [-0.39, 0.29) is 0 Å². The van der Waals surface area contributed by atoms with Gasteiger partial charge in [0, 0.05) is 25.5 Å². The summed E-state index contributed by atoms with van der Waals surface area (Å²) in [5.41, 5.74) is -0.781. The van der Waals surface area contributed by atoms with Crippen LogP contribution in [0.15, 0.2) is 12.4 Å². The van der Waals surface area contributed by atoms with Crippen molar-refractivity contribution in [1.29, 1.82) is 0 Å². The molecule has 4 nitrogen and oxygen atoms in total. The highest BCUT2D eigenvalue weighted by atomic mass is 35.5. The number of nitrogens with zero attached hydrogens (tertiary/aromatic N) is 3. The van der Waals surface area contributed by atoms with Crippen molar-refractivity contribution in [3.05, 3.63) is 17.5 Å². The fraction of sp³-hybridized carbons (Fsp3) is 0.600. The van der Waals surface area contributed by atoms with Gasteiger partial charge in [0.1, 0.15) is 0 Å². The van der Waals surface area contributed by atoms with E-state index in [9.17, 15) is 5.11 Å². The second-order valence-corrected chi connectivity index (χ2v) is 4.36. The average molecular weight is 230 g/mol. The van der Waals surface area contributed by atoms with Crippen molar-refractivity contribution in [2.45, 2.75) is 26.4 Å². The summed E-state index contributed by atoms with van der Waals surface area (Å²) in [5, 5.41) is 10.1. The lowest BCUT2D eigenvalue weighted by atomic mass is 10.1. The minimum atomic E-state index is -0.781. The van der Waals surface area contributed by atoms with E-state index in [1.54, 1.807) is 26.2 Å². The Balaban J connectivity index is 2.88.